The zero-order valence-electron chi connectivity index (χ0n) is 43.0. The largest absolute Gasteiger partial charge is 0.462 e. The van der Waals surface area contributed by atoms with E-state index in [1.54, 1.807) is 51.6 Å². The first-order valence-corrected chi connectivity index (χ1v) is 25.7. The van der Waals surface area contributed by atoms with Crippen LogP contribution in [0.1, 0.15) is 104 Å². The highest BCUT2D eigenvalue weighted by molar-refractivity contribution is 5.87. The van der Waals surface area contributed by atoms with Gasteiger partial charge in [-0.3, -0.25) is 4.79 Å². The number of esters is 2. The number of ether oxygens (including phenoxy) is 11. The normalized spacial score (nSPS) is 43.9. The molecule has 71 heavy (non-hydrogen) atoms. The van der Waals surface area contributed by atoms with Crippen molar-refractivity contribution >= 4 is 11.9 Å². The molecule has 0 aromatic carbocycles. The smallest absolute Gasteiger partial charge is 0.355 e. The van der Waals surface area contributed by atoms with Gasteiger partial charge >= 0.3 is 11.9 Å². The number of aliphatic hydroxyl groups is 2. The minimum atomic E-state index is -1.85. The lowest BCUT2D eigenvalue weighted by Crippen LogP contribution is -2.58. The molecule has 16 heteroatoms. The number of aliphatic hydroxyl groups excluding tert-OH is 1. The van der Waals surface area contributed by atoms with Gasteiger partial charge in [0.2, 0.25) is 0 Å². The molecule has 8 rings (SSSR count). The molecule has 6 aliphatic heterocycles. The maximum absolute atomic E-state index is 14.4. The van der Waals surface area contributed by atoms with Gasteiger partial charge in [-0.2, -0.15) is 0 Å². The van der Waals surface area contributed by atoms with Gasteiger partial charge in [0, 0.05) is 57.9 Å². The number of carbonyl (C=O) groups excluding carboxylic acids is 2. The van der Waals surface area contributed by atoms with Crippen LogP contribution in [0, 0.1) is 23.7 Å². The number of hydrogen-bond acceptors (Lipinski definition) is 15. The molecule has 2 bridgehead atoms. The second-order valence-corrected chi connectivity index (χ2v) is 20.7. The van der Waals surface area contributed by atoms with Crippen molar-refractivity contribution in [3.05, 3.63) is 94.9 Å². The number of allylic oxidation sites excluding steroid dienone is 2. The summed E-state index contributed by atoms with van der Waals surface area (Å²) in [5.74, 6) is -3.09. The number of methoxy groups -OCH3 is 2. The summed E-state index contributed by atoms with van der Waals surface area (Å²) in [6, 6.07) is 3.40. The van der Waals surface area contributed by atoms with Crippen LogP contribution in [0.4, 0.5) is 0 Å². The van der Waals surface area contributed by atoms with Crippen molar-refractivity contribution in [2.24, 2.45) is 23.7 Å². The predicted octanol–water partition coefficient (Wildman–Crippen LogP) is 7.13. The first-order chi connectivity index (χ1) is 34.0. The molecule has 3 N–H and O–H groups in total. The Morgan fingerprint density at radius 3 is 2.51 bits per heavy atom. The van der Waals surface area contributed by atoms with E-state index >= 15 is 0 Å². The van der Waals surface area contributed by atoms with Crippen LogP contribution >= 0.6 is 0 Å². The van der Waals surface area contributed by atoms with Crippen LogP contribution in [0.2, 0.25) is 0 Å². The van der Waals surface area contributed by atoms with E-state index in [9.17, 15) is 19.8 Å². The van der Waals surface area contributed by atoms with E-state index in [-0.39, 0.29) is 55.7 Å². The Hall–Kier alpha value is -3.78. The summed E-state index contributed by atoms with van der Waals surface area (Å²) in [6.45, 7) is 16.3. The number of aromatic nitrogens is 1. The number of nitrogens with one attached hydrogen (secondary N) is 1. The third-order valence-corrected chi connectivity index (χ3v) is 15.8. The Balaban J connectivity index is 1.02. The van der Waals surface area contributed by atoms with Crippen molar-refractivity contribution in [2.75, 3.05) is 27.4 Å². The fourth-order valence-electron chi connectivity index (χ4n) is 11.5. The lowest BCUT2D eigenvalue weighted by atomic mass is 9.71. The second-order valence-electron chi connectivity index (χ2n) is 20.7. The Morgan fingerprint density at radius 2 is 1.77 bits per heavy atom. The zero-order chi connectivity index (χ0) is 50.8. The van der Waals surface area contributed by atoms with Crippen LogP contribution in [0.5, 0.6) is 0 Å². The van der Waals surface area contributed by atoms with E-state index < -0.39 is 90.7 Å². The number of aromatic amines is 1. The van der Waals surface area contributed by atoms with Crippen molar-refractivity contribution in [3.8, 4) is 0 Å². The highest BCUT2D eigenvalue weighted by Gasteiger charge is 2.60. The molecule has 7 aliphatic rings. The molecule has 16 nitrogen and oxygen atoms in total. The molecule has 7 heterocycles. The van der Waals surface area contributed by atoms with Crippen LogP contribution in [-0.2, 0) is 56.9 Å². The molecule has 4 fully saturated rings. The highest BCUT2D eigenvalue weighted by Crippen LogP contribution is 2.47. The van der Waals surface area contributed by atoms with Gasteiger partial charge in [-0.05, 0) is 86.6 Å². The van der Waals surface area contributed by atoms with E-state index in [2.05, 4.69) is 44.8 Å². The number of fused-ring (bicyclic) bond motifs is 2. The summed E-state index contributed by atoms with van der Waals surface area (Å²) in [5, 5.41) is 23.8. The third-order valence-electron chi connectivity index (χ3n) is 15.8. The quantitative estimate of drug-likeness (QED) is 0.150. The number of rotatable bonds is 11. The summed E-state index contributed by atoms with van der Waals surface area (Å²) in [4.78, 5) is 29.7. The highest BCUT2D eigenvalue weighted by atomic mass is 16.7. The van der Waals surface area contributed by atoms with Crippen molar-refractivity contribution in [3.63, 3.8) is 0 Å². The molecule has 0 amide bonds. The monoisotopic (exact) mass is 992 g/mol. The topological polar surface area (TPSA) is 192 Å². The molecule has 19 unspecified atom stereocenters. The van der Waals surface area contributed by atoms with Gasteiger partial charge in [-0.25, -0.2) is 4.79 Å². The molecular weight excluding hydrogens is 915 g/mol. The summed E-state index contributed by atoms with van der Waals surface area (Å²) < 4.78 is 70.4. The van der Waals surface area contributed by atoms with E-state index in [4.69, 9.17) is 52.1 Å². The lowest BCUT2D eigenvalue weighted by Gasteiger charge is -2.48. The van der Waals surface area contributed by atoms with Crippen molar-refractivity contribution in [1.29, 1.82) is 0 Å². The summed E-state index contributed by atoms with van der Waals surface area (Å²) in [5.41, 5.74) is 1.33. The molecule has 1 aromatic rings. The van der Waals surface area contributed by atoms with Crippen LogP contribution in [0.15, 0.2) is 89.2 Å². The standard InChI is InChI=1S/C55H77NO15/c1-11-30(2)49-33(5)19-21-54(71-49)28-39-25-38(70-54)18-17-32(4)48(31(3)14-12-15-37-29-64-51-47(57)34(6)24-41(52(58)67-39)55(37,51)60)68-46-27-44(62-10)50(36(8)66-46)69-45-26-43(61-9)40(35(7)65-45)20-23-63-53(59)42-16-13-22-56-42/h12-17,19-22,24,30-31,33,35-36,38-39,41,43-51,56-57,60H,11,18,23,25-29H2,1-10H3/b14-12+,32-17+,37-15+,40-20+. The Labute approximate surface area is 418 Å². The molecule has 0 saturated carbocycles. The molecule has 1 aromatic heterocycles. The van der Waals surface area contributed by atoms with Crippen molar-refractivity contribution in [2.45, 2.75) is 185 Å². The number of H-pyrrole nitrogens is 1. The third kappa shape index (κ3) is 11.5. The van der Waals surface area contributed by atoms with E-state index in [1.165, 1.54) is 0 Å². The van der Waals surface area contributed by atoms with Crippen LogP contribution in [0.25, 0.3) is 0 Å². The van der Waals surface area contributed by atoms with Gasteiger partial charge in [-0.1, -0.05) is 70.6 Å². The summed E-state index contributed by atoms with van der Waals surface area (Å²) in [6.07, 6.45) is 12.7. The lowest BCUT2D eigenvalue weighted by molar-refractivity contribution is -0.305. The van der Waals surface area contributed by atoms with Crippen molar-refractivity contribution < 1.29 is 71.9 Å². The van der Waals surface area contributed by atoms with Gasteiger partial charge in [0.25, 0.3) is 0 Å². The molecule has 1 aliphatic carbocycles. The minimum Gasteiger partial charge on any atom is -0.462 e. The van der Waals surface area contributed by atoms with Gasteiger partial charge < -0.3 is 67.3 Å². The molecular formula is C55H77NO15. The van der Waals surface area contributed by atoms with Gasteiger partial charge in [0.15, 0.2) is 18.4 Å². The van der Waals surface area contributed by atoms with Crippen molar-refractivity contribution in [1.82, 2.24) is 4.98 Å². The second kappa shape index (κ2) is 22.8. The molecule has 0 radical (unpaired) electrons. The summed E-state index contributed by atoms with van der Waals surface area (Å²) in [7, 11) is 3.29. The number of carbonyl (C=O) groups is 2. The Kier molecular flexibility index (Phi) is 17.2. The van der Waals surface area contributed by atoms with E-state index in [0.717, 1.165) is 17.6 Å². The van der Waals surface area contributed by atoms with E-state index in [0.29, 0.717) is 42.5 Å². The molecule has 19 atom stereocenters. The van der Waals surface area contributed by atoms with Gasteiger partial charge in [0.05, 0.1) is 49.3 Å². The summed E-state index contributed by atoms with van der Waals surface area (Å²) >= 11 is 0. The molecule has 1 spiro atoms. The average Bonchev–Trinajstić information content (AvgIpc) is 4.01. The minimum absolute atomic E-state index is 0.0212. The Morgan fingerprint density at radius 1 is 0.986 bits per heavy atom. The SMILES string of the molecule is CCC(C)C1OC2(C=CC1C)CC1CC(C/C=C(\C)C(OC3CC(OC)C(OC4CC(OC)/C(=C/COC(=O)c5ccc[nH]5)C(C)O4)C(C)O3)C(C)/C=C/C=C3\COC4C(O)C(C)=CC(C(=O)O1)C34O)O2. The van der Waals surface area contributed by atoms with Gasteiger partial charge in [0.1, 0.15) is 48.2 Å². The fourth-order valence-corrected chi connectivity index (χ4v) is 11.5. The van der Waals surface area contributed by atoms with E-state index in [1.807, 2.05) is 45.1 Å². The van der Waals surface area contributed by atoms with Gasteiger partial charge in [-0.15, -0.1) is 0 Å². The zero-order valence-corrected chi connectivity index (χ0v) is 43.0. The predicted molar refractivity (Wildman–Crippen MR) is 260 cm³/mol. The fraction of sp³-hybridized carbons (Fsp3) is 0.673. The Bertz CT molecular complexity index is 2200. The average molecular weight is 992 g/mol. The maximum Gasteiger partial charge on any atom is 0.355 e. The van der Waals surface area contributed by atoms with Crippen LogP contribution in [-0.4, -0.2) is 146 Å². The van der Waals surface area contributed by atoms with Crippen LogP contribution in [0.3, 0.4) is 0 Å². The molecule has 392 valence electrons. The van der Waals surface area contributed by atoms with Crippen LogP contribution < -0.4 is 0 Å². The maximum atomic E-state index is 14.4. The molecule has 4 saturated heterocycles. The first kappa shape index (κ1) is 53.5. The first-order valence-electron chi connectivity index (χ1n) is 25.7. The number of hydrogen-bond donors (Lipinski definition) is 3.